The predicted molar refractivity (Wildman–Crippen MR) is 86.7 cm³/mol. The van der Waals surface area contributed by atoms with Gasteiger partial charge in [-0.1, -0.05) is 19.9 Å². The summed E-state index contributed by atoms with van der Waals surface area (Å²) in [6, 6.07) is 8.43. The van der Waals surface area contributed by atoms with Gasteiger partial charge in [-0.2, -0.15) is 0 Å². The Labute approximate surface area is 125 Å². The monoisotopic (exact) mass is 289 g/mol. The molecular weight excluding hydrogens is 266 g/mol. The standard InChI is InChI=1S/C17H23NOS/c1-11(2)15-6-5-14(9-13(15)4)19-16(10-18)17-12(3)7-8-20-17/h5-9,11,16H,10,18H2,1-4H3. The van der Waals surface area contributed by atoms with E-state index in [1.165, 1.54) is 21.6 Å². The number of hydrogen-bond acceptors (Lipinski definition) is 3. The van der Waals surface area contributed by atoms with Crippen molar-refractivity contribution < 1.29 is 4.74 Å². The van der Waals surface area contributed by atoms with E-state index in [1.807, 2.05) is 6.07 Å². The van der Waals surface area contributed by atoms with Gasteiger partial charge in [-0.25, -0.2) is 0 Å². The van der Waals surface area contributed by atoms with Gasteiger partial charge in [0.05, 0.1) is 0 Å². The summed E-state index contributed by atoms with van der Waals surface area (Å²) in [6.07, 6.45) is -0.0562. The number of thiophene rings is 1. The average Bonchev–Trinajstić information content (AvgIpc) is 2.82. The largest absolute Gasteiger partial charge is 0.484 e. The topological polar surface area (TPSA) is 35.2 Å². The van der Waals surface area contributed by atoms with Gasteiger partial charge in [0.25, 0.3) is 0 Å². The van der Waals surface area contributed by atoms with Crippen LogP contribution in [0, 0.1) is 13.8 Å². The van der Waals surface area contributed by atoms with Crippen molar-refractivity contribution in [1.29, 1.82) is 0 Å². The second-order valence-electron chi connectivity index (χ2n) is 5.48. The molecule has 0 fully saturated rings. The maximum atomic E-state index is 6.09. The first-order valence-corrected chi connectivity index (χ1v) is 7.92. The van der Waals surface area contributed by atoms with Crippen molar-refractivity contribution in [3.05, 3.63) is 51.2 Å². The summed E-state index contributed by atoms with van der Waals surface area (Å²) in [5.41, 5.74) is 9.77. The average molecular weight is 289 g/mol. The first-order chi connectivity index (χ1) is 9.52. The summed E-state index contributed by atoms with van der Waals surface area (Å²) >= 11 is 1.71. The first-order valence-electron chi connectivity index (χ1n) is 7.04. The molecule has 0 saturated heterocycles. The molecule has 1 heterocycles. The molecule has 1 aromatic carbocycles. The minimum Gasteiger partial charge on any atom is -0.484 e. The lowest BCUT2D eigenvalue weighted by Crippen LogP contribution is -2.18. The van der Waals surface area contributed by atoms with Gasteiger partial charge in [0, 0.05) is 11.4 Å². The molecule has 1 atom stereocenters. The zero-order valence-corrected chi connectivity index (χ0v) is 13.5. The van der Waals surface area contributed by atoms with E-state index in [0.29, 0.717) is 12.5 Å². The lowest BCUT2D eigenvalue weighted by molar-refractivity contribution is 0.217. The highest BCUT2D eigenvalue weighted by molar-refractivity contribution is 7.10. The van der Waals surface area contributed by atoms with Gasteiger partial charge in [-0.05, 0) is 60.0 Å². The van der Waals surface area contributed by atoms with Crippen molar-refractivity contribution in [2.75, 3.05) is 6.54 Å². The van der Waals surface area contributed by atoms with Gasteiger partial charge in [0.15, 0.2) is 0 Å². The van der Waals surface area contributed by atoms with Crippen LogP contribution in [0.5, 0.6) is 5.75 Å². The van der Waals surface area contributed by atoms with Crippen LogP contribution in [-0.2, 0) is 0 Å². The Morgan fingerprint density at radius 2 is 1.90 bits per heavy atom. The van der Waals surface area contributed by atoms with Crippen LogP contribution < -0.4 is 10.5 Å². The molecule has 0 spiro atoms. The highest BCUT2D eigenvalue weighted by Gasteiger charge is 2.16. The Morgan fingerprint density at radius 1 is 1.15 bits per heavy atom. The molecule has 0 aliphatic heterocycles. The Hall–Kier alpha value is -1.32. The van der Waals surface area contributed by atoms with E-state index in [9.17, 15) is 0 Å². The van der Waals surface area contributed by atoms with Crippen LogP contribution in [0.4, 0.5) is 0 Å². The second kappa shape index (κ2) is 6.42. The van der Waals surface area contributed by atoms with E-state index in [-0.39, 0.29) is 6.10 Å². The van der Waals surface area contributed by atoms with Crippen LogP contribution in [-0.4, -0.2) is 6.54 Å². The smallest absolute Gasteiger partial charge is 0.145 e. The molecule has 2 N–H and O–H groups in total. The predicted octanol–water partition coefficient (Wildman–Crippen LogP) is 4.57. The molecule has 108 valence electrons. The quantitative estimate of drug-likeness (QED) is 0.875. The maximum Gasteiger partial charge on any atom is 0.145 e. The van der Waals surface area contributed by atoms with Gasteiger partial charge in [0.1, 0.15) is 11.9 Å². The summed E-state index contributed by atoms with van der Waals surface area (Å²) in [7, 11) is 0. The van der Waals surface area contributed by atoms with Crippen molar-refractivity contribution in [1.82, 2.24) is 0 Å². The van der Waals surface area contributed by atoms with Crippen molar-refractivity contribution in [3.63, 3.8) is 0 Å². The summed E-state index contributed by atoms with van der Waals surface area (Å²) in [5.74, 6) is 1.43. The summed E-state index contributed by atoms with van der Waals surface area (Å²) in [5, 5.41) is 2.09. The van der Waals surface area contributed by atoms with E-state index >= 15 is 0 Å². The number of benzene rings is 1. The fourth-order valence-electron chi connectivity index (χ4n) is 2.46. The Bertz CT molecular complexity index is 574. The zero-order valence-electron chi connectivity index (χ0n) is 12.6. The summed E-state index contributed by atoms with van der Waals surface area (Å²) < 4.78 is 6.09. The molecule has 3 heteroatoms. The van der Waals surface area contributed by atoms with E-state index < -0.39 is 0 Å². The fourth-order valence-corrected chi connectivity index (χ4v) is 3.43. The van der Waals surface area contributed by atoms with Gasteiger partial charge >= 0.3 is 0 Å². The minimum atomic E-state index is -0.0562. The van der Waals surface area contributed by atoms with E-state index in [2.05, 4.69) is 51.3 Å². The Morgan fingerprint density at radius 3 is 2.40 bits per heavy atom. The number of ether oxygens (including phenoxy) is 1. The van der Waals surface area contributed by atoms with Crippen molar-refractivity contribution in [2.45, 2.75) is 39.7 Å². The Kier molecular flexibility index (Phi) is 4.84. The van der Waals surface area contributed by atoms with Crippen molar-refractivity contribution >= 4 is 11.3 Å². The van der Waals surface area contributed by atoms with Crippen LogP contribution in [0.15, 0.2) is 29.6 Å². The lowest BCUT2D eigenvalue weighted by Gasteiger charge is -2.19. The number of hydrogen-bond donors (Lipinski definition) is 1. The van der Waals surface area contributed by atoms with Crippen LogP contribution in [0.1, 0.15) is 47.4 Å². The van der Waals surface area contributed by atoms with Crippen LogP contribution in [0.2, 0.25) is 0 Å². The molecule has 1 aromatic heterocycles. The highest BCUT2D eigenvalue weighted by atomic mass is 32.1. The van der Waals surface area contributed by atoms with Gasteiger partial charge in [-0.3, -0.25) is 0 Å². The number of nitrogens with two attached hydrogens (primary N) is 1. The molecule has 20 heavy (non-hydrogen) atoms. The van der Waals surface area contributed by atoms with E-state index in [0.717, 1.165) is 5.75 Å². The fraction of sp³-hybridized carbons (Fsp3) is 0.412. The summed E-state index contributed by atoms with van der Waals surface area (Å²) in [4.78, 5) is 1.22. The maximum absolute atomic E-state index is 6.09. The molecular formula is C17H23NOS. The normalized spacial score (nSPS) is 12.7. The van der Waals surface area contributed by atoms with Gasteiger partial charge in [0.2, 0.25) is 0 Å². The third-order valence-corrected chi connectivity index (χ3v) is 4.66. The van der Waals surface area contributed by atoms with Gasteiger partial charge < -0.3 is 10.5 Å². The van der Waals surface area contributed by atoms with E-state index in [4.69, 9.17) is 10.5 Å². The SMILES string of the molecule is Cc1cc(OC(CN)c2sccc2C)ccc1C(C)C. The highest BCUT2D eigenvalue weighted by Crippen LogP contribution is 2.30. The van der Waals surface area contributed by atoms with Crippen LogP contribution in [0.3, 0.4) is 0 Å². The molecule has 0 radical (unpaired) electrons. The third kappa shape index (κ3) is 3.22. The van der Waals surface area contributed by atoms with Crippen LogP contribution >= 0.6 is 11.3 Å². The molecule has 2 rings (SSSR count). The lowest BCUT2D eigenvalue weighted by atomic mass is 9.98. The third-order valence-electron chi connectivity index (χ3n) is 3.55. The first kappa shape index (κ1) is 15.1. The minimum absolute atomic E-state index is 0.0562. The summed E-state index contributed by atoms with van der Waals surface area (Å²) in [6.45, 7) is 9.15. The van der Waals surface area contributed by atoms with Crippen molar-refractivity contribution in [2.24, 2.45) is 5.73 Å². The second-order valence-corrected chi connectivity index (χ2v) is 6.43. The van der Waals surface area contributed by atoms with Crippen LogP contribution in [0.25, 0.3) is 0 Å². The molecule has 0 aliphatic carbocycles. The number of aryl methyl sites for hydroxylation is 2. The molecule has 1 unspecified atom stereocenters. The van der Waals surface area contributed by atoms with E-state index in [1.54, 1.807) is 11.3 Å². The molecule has 0 bridgehead atoms. The molecule has 0 saturated carbocycles. The zero-order chi connectivity index (χ0) is 14.7. The molecule has 2 nitrogen and oxygen atoms in total. The molecule has 0 amide bonds. The Balaban J connectivity index is 2.20. The van der Waals surface area contributed by atoms with Gasteiger partial charge in [-0.15, -0.1) is 11.3 Å². The molecule has 0 aliphatic rings. The van der Waals surface area contributed by atoms with Crippen molar-refractivity contribution in [3.8, 4) is 5.75 Å². The number of rotatable bonds is 5. The molecule has 2 aromatic rings.